The van der Waals surface area contributed by atoms with Gasteiger partial charge < -0.3 is 0 Å². The Morgan fingerprint density at radius 1 is 1.33 bits per heavy atom. The van der Waals surface area contributed by atoms with E-state index in [1.54, 1.807) is 0 Å². The maximum Gasteiger partial charge on any atom is 0.0351 e. The molecular formula is C9H20ClNS. The predicted molar refractivity (Wildman–Crippen MR) is 60.4 cm³/mol. The molecule has 74 valence electrons. The van der Waals surface area contributed by atoms with Gasteiger partial charge in [0, 0.05) is 18.5 Å². The summed E-state index contributed by atoms with van der Waals surface area (Å²) >= 11 is 7.62. The third-order valence-electron chi connectivity index (χ3n) is 1.90. The molecule has 0 aliphatic heterocycles. The van der Waals surface area contributed by atoms with Gasteiger partial charge in [-0.05, 0) is 38.8 Å². The molecule has 0 aromatic carbocycles. The van der Waals surface area contributed by atoms with Crippen molar-refractivity contribution in [3.8, 4) is 0 Å². The monoisotopic (exact) mass is 209 g/mol. The molecule has 0 aliphatic carbocycles. The Labute approximate surface area is 85.8 Å². The Morgan fingerprint density at radius 2 is 2.00 bits per heavy atom. The predicted octanol–water partition coefficient (Wildman–Crippen LogP) is 2.69. The fourth-order valence-electron chi connectivity index (χ4n) is 1.15. The Bertz CT molecular complexity index is 98.5. The molecule has 0 rings (SSSR count). The second-order valence-electron chi connectivity index (χ2n) is 3.17. The fraction of sp³-hybridized carbons (Fsp3) is 1.00. The van der Waals surface area contributed by atoms with Crippen LogP contribution in [0.2, 0.25) is 0 Å². The summed E-state index contributed by atoms with van der Waals surface area (Å²) in [6.45, 7) is 6.66. The summed E-state index contributed by atoms with van der Waals surface area (Å²) in [5.41, 5.74) is 0. The first-order valence-electron chi connectivity index (χ1n) is 4.51. The van der Waals surface area contributed by atoms with Crippen molar-refractivity contribution < 1.29 is 0 Å². The zero-order chi connectivity index (χ0) is 9.40. The molecule has 12 heavy (non-hydrogen) atoms. The van der Waals surface area contributed by atoms with Crippen molar-refractivity contribution in [3.05, 3.63) is 0 Å². The lowest BCUT2D eigenvalue weighted by Gasteiger charge is -2.25. The van der Waals surface area contributed by atoms with E-state index < -0.39 is 0 Å². The van der Waals surface area contributed by atoms with Crippen molar-refractivity contribution in [2.75, 3.05) is 31.0 Å². The third kappa shape index (κ3) is 6.15. The summed E-state index contributed by atoms with van der Waals surface area (Å²) in [5, 5.41) is 0. The van der Waals surface area contributed by atoms with Crippen LogP contribution in [0.25, 0.3) is 0 Å². The Kier molecular flexibility index (Phi) is 8.62. The van der Waals surface area contributed by atoms with Crippen molar-refractivity contribution in [2.24, 2.45) is 0 Å². The second kappa shape index (κ2) is 8.21. The van der Waals surface area contributed by atoms with Gasteiger partial charge in [0.25, 0.3) is 0 Å². The maximum atomic E-state index is 5.71. The average Bonchev–Trinajstić information content (AvgIpc) is 2.03. The van der Waals surface area contributed by atoms with Crippen LogP contribution in [0.4, 0.5) is 0 Å². The smallest absolute Gasteiger partial charge is 0.0351 e. The van der Waals surface area contributed by atoms with Crippen LogP contribution in [0.5, 0.6) is 0 Å². The Balaban J connectivity index is 3.49. The summed E-state index contributed by atoms with van der Waals surface area (Å²) in [7, 11) is 0. The first kappa shape index (κ1) is 12.6. The molecule has 0 fully saturated rings. The zero-order valence-electron chi connectivity index (χ0n) is 8.35. The molecule has 0 saturated heterocycles. The summed E-state index contributed by atoms with van der Waals surface area (Å²) < 4.78 is 0. The maximum absolute atomic E-state index is 5.71. The molecule has 0 radical (unpaired) electrons. The minimum absolute atomic E-state index is 0.630. The van der Waals surface area contributed by atoms with E-state index in [0.29, 0.717) is 6.04 Å². The average molecular weight is 210 g/mol. The molecule has 0 bridgehead atoms. The van der Waals surface area contributed by atoms with E-state index in [-0.39, 0.29) is 0 Å². The molecule has 3 heteroatoms. The van der Waals surface area contributed by atoms with E-state index in [0.717, 1.165) is 12.4 Å². The van der Waals surface area contributed by atoms with Gasteiger partial charge in [-0.2, -0.15) is 11.8 Å². The minimum Gasteiger partial charge on any atom is -0.300 e. The lowest BCUT2D eigenvalue weighted by molar-refractivity contribution is 0.236. The van der Waals surface area contributed by atoms with Gasteiger partial charge in [-0.3, -0.25) is 4.90 Å². The van der Waals surface area contributed by atoms with Gasteiger partial charge in [-0.15, -0.1) is 11.6 Å². The highest BCUT2D eigenvalue weighted by molar-refractivity contribution is 7.98. The molecule has 0 aromatic rings. The van der Waals surface area contributed by atoms with Gasteiger partial charge in [0.05, 0.1) is 0 Å². The van der Waals surface area contributed by atoms with Crippen molar-refractivity contribution in [3.63, 3.8) is 0 Å². The molecule has 1 nitrogen and oxygen atoms in total. The number of rotatable bonds is 7. The molecule has 0 aromatic heterocycles. The van der Waals surface area contributed by atoms with Gasteiger partial charge in [-0.25, -0.2) is 0 Å². The largest absolute Gasteiger partial charge is 0.300 e. The van der Waals surface area contributed by atoms with E-state index in [1.165, 1.54) is 18.7 Å². The Hall–Kier alpha value is 0.600. The number of hydrogen-bond acceptors (Lipinski definition) is 2. The summed E-state index contributed by atoms with van der Waals surface area (Å²) in [5.74, 6) is 2.00. The summed E-state index contributed by atoms with van der Waals surface area (Å²) in [6, 6.07) is 0.630. The van der Waals surface area contributed by atoms with Crippen LogP contribution in [0.3, 0.4) is 0 Å². The minimum atomic E-state index is 0.630. The van der Waals surface area contributed by atoms with E-state index in [9.17, 15) is 0 Å². The first-order valence-corrected chi connectivity index (χ1v) is 6.44. The van der Waals surface area contributed by atoms with Crippen molar-refractivity contribution in [1.29, 1.82) is 0 Å². The molecule has 0 N–H and O–H groups in total. The van der Waals surface area contributed by atoms with Crippen LogP contribution >= 0.6 is 23.4 Å². The van der Waals surface area contributed by atoms with Crippen LogP contribution in [0.1, 0.15) is 20.3 Å². The van der Waals surface area contributed by atoms with E-state index in [1.807, 2.05) is 11.8 Å². The fourth-order valence-corrected chi connectivity index (χ4v) is 1.78. The van der Waals surface area contributed by atoms with Crippen LogP contribution in [0.15, 0.2) is 0 Å². The van der Waals surface area contributed by atoms with Gasteiger partial charge >= 0.3 is 0 Å². The molecule has 0 heterocycles. The quantitative estimate of drug-likeness (QED) is 0.469. The molecule has 0 aliphatic rings. The second-order valence-corrected chi connectivity index (χ2v) is 4.53. The zero-order valence-corrected chi connectivity index (χ0v) is 9.92. The molecule has 0 spiro atoms. The number of alkyl halides is 1. The molecule has 0 amide bonds. The molecule has 0 saturated carbocycles. The summed E-state index contributed by atoms with van der Waals surface area (Å²) in [4.78, 5) is 2.43. The van der Waals surface area contributed by atoms with Crippen molar-refractivity contribution >= 4 is 23.4 Å². The number of thioether (sulfide) groups is 1. The van der Waals surface area contributed by atoms with Crippen LogP contribution in [-0.4, -0.2) is 41.9 Å². The molecule has 0 unspecified atom stereocenters. The molecular weight excluding hydrogens is 190 g/mol. The summed E-state index contributed by atoms with van der Waals surface area (Å²) in [6.07, 6.45) is 3.43. The highest BCUT2D eigenvalue weighted by Gasteiger charge is 2.06. The standard InChI is InChI=1S/C9H20ClNS/c1-9(2)11(7-5-10)6-4-8-12-3/h9H,4-8H2,1-3H3. The van der Waals surface area contributed by atoms with Crippen molar-refractivity contribution in [1.82, 2.24) is 4.90 Å². The number of nitrogens with zero attached hydrogens (tertiary/aromatic N) is 1. The number of halogens is 1. The number of hydrogen-bond donors (Lipinski definition) is 0. The SMILES string of the molecule is CSCCCN(CCCl)C(C)C. The van der Waals surface area contributed by atoms with E-state index in [2.05, 4.69) is 25.0 Å². The highest BCUT2D eigenvalue weighted by atomic mass is 35.5. The van der Waals surface area contributed by atoms with E-state index >= 15 is 0 Å². The third-order valence-corrected chi connectivity index (χ3v) is 2.76. The Morgan fingerprint density at radius 3 is 2.42 bits per heavy atom. The van der Waals surface area contributed by atoms with Gasteiger partial charge in [-0.1, -0.05) is 0 Å². The van der Waals surface area contributed by atoms with Gasteiger partial charge in [0.15, 0.2) is 0 Å². The normalized spacial score (nSPS) is 11.5. The van der Waals surface area contributed by atoms with Gasteiger partial charge in [0.2, 0.25) is 0 Å². The van der Waals surface area contributed by atoms with Crippen LogP contribution < -0.4 is 0 Å². The van der Waals surface area contributed by atoms with Crippen molar-refractivity contribution in [2.45, 2.75) is 26.3 Å². The lowest BCUT2D eigenvalue weighted by Crippen LogP contribution is -2.33. The van der Waals surface area contributed by atoms with E-state index in [4.69, 9.17) is 11.6 Å². The topological polar surface area (TPSA) is 3.24 Å². The van der Waals surface area contributed by atoms with Crippen LogP contribution in [-0.2, 0) is 0 Å². The molecule has 0 atom stereocenters. The first-order chi connectivity index (χ1) is 5.72. The highest BCUT2D eigenvalue weighted by Crippen LogP contribution is 2.03. The lowest BCUT2D eigenvalue weighted by atomic mass is 10.3. The van der Waals surface area contributed by atoms with Crippen LogP contribution in [0, 0.1) is 0 Å². The van der Waals surface area contributed by atoms with Gasteiger partial charge in [0.1, 0.15) is 0 Å².